The van der Waals surface area contributed by atoms with Crippen LogP contribution < -0.4 is 4.74 Å². The van der Waals surface area contributed by atoms with Gasteiger partial charge in [-0.05, 0) is 67.8 Å². The van der Waals surface area contributed by atoms with Crippen LogP contribution in [0.1, 0.15) is 52.0 Å². The first-order valence-electron chi connectivity index (χ1n) is 9.26. The molecule has 2 aromatic rings. The molecule has 0 amide bonds. The van der Waals surface area contributed by atoms with E-state index in [1.165, 1.54) is 12.8 Å². The quantitative estimate of drug-likeness (QED) is 0.213. The molecule has 0 saturated heterocycles. The maximum absolute atomic E-state index is 8.99. The molecule has 8 heteroatoms. The Balaban J connectivity index is 1.91. The summed E-state index contributed by atoms with van der Waals surface area (Å²) in [7, 11) is 0. The van der Waals surface area contributed by atoms with Gasteiger partial charge >= 0.3 is 0 Å². The van der Waals surface area contributed by atoms with Crippen molar-refractivity contribution < 1.29 is 4.74 Å². The number of nitrogens with zero attached hydrogens (tertiary/aromatic N) is 5. The maximum atomic E-state index is 8.99. The Bertz CT molecular complexity index is 869. The topological polar surface area (TPSA) is 83.8 Å². The number of hydrogen-bond acceptors (Lipinski definition) is 5. The number of aromatic nitrogens is 2. The van der Waals surface area contributed by atoms with Gasteiger partial charge in [-0.25, -0.2) is 9.97 Å². The van der Waals surface area contributed by atoms with Crippen molar-refractivity contribution in [3.8, 4) is 5.88 Å². The van der Waals surface area contributed by atoms with Gasteiger partial charge in [0.25, 0.3) is 0 Å². The van der Waals surface area contributed by atoms with Gasteiger partial charge in [0.2, 0.25) is 5.88 Å². The van der Waals surface area contributed by atoms with Crippen molar-refractivity contribution in [1.82, 2.24) is 9.97 Å². The molecular weight excluding hydrogens is 382 g/mol. The summed E-state index contributed by atoms with van der Waals surface area (Å²) in [5.41, 5.74) is 9.11. The van der Waals surface area contributed by atoms with Crippen LogP contribution in [0.2, 0.25) is 5.15 Å². The minimum Gasteiger partial charge on any atom is -0.474 e. The molecule has 0 radical (unpaired) electrons. The van der Waals surface area contributed by atoms with Gasteiger partial charge in [-0.2, -0.15) is 11.8 Å². The fourth-order valence-corrected chi connectivity index (χ4v) is 4.34. The van der Waals surface area contributed by atoms with Crippen molar-refractivity contribution in [3.63, 3.8) is 0 Å². The van der Waals surface area contributed by atoms with Crippen molar-refractivity contribution in [1.29, 1.82) is 0 Å². The van der Waals surface area contributed by atoms with Crippen LogP contribution in [0.15, 0.2) is 23.6 Å². The third-order valence-corrected chi connectivity index (χ3v) is 6.57. The first kappa shape index (κ1) is 20.1. The monoisotopic (exact) mass is 405 g/mol. The van der Waals surface area contributed by atoms with E-state index in [1.54, 1.807) is 18.5 Å². The zero-order valence-corrected chi connectivity index (χ0v) is 17.4. The molecule has 2 atom stereocenters. The second-order valence-electron chi connectivity index (χ2n) is 7.13. The number of hydrogen-bond donors (Lipinski definition) is 0. The Labute approximate surface area is 168 Å². The van der Waals surface area contributed by atoms with Gasteiger partial charge in [0.15, 0.2) is 0 Å². The second kappa shape index (κ2) is 8.55. The Hall–Kier alpha value is -1.69. The molecule has 1 saturated carbocycles. The van der Waals surface area contributed by atoms with Crippen LogP contribution >= 0.6 is 23.4 Å². The van der Waals surface area contributed by atoms with E-state index in [4.69, 9.17) is 21.9 Å². The Morgan fingerprint density at radius 1 is 1.41 bits per heavy atom. The summed E-state index contributed by atoms with van der Waals surface area (Å²) < 4.78 is 6.12. The normalized spacial score (nSPS) is 17.2. The highest BCUT2D eigenvalue weighted by atomic mass is 35.5. The zero-order chi connectivity index (χ0) is 19.4. The van der Waals surface area contributed by atoms with Gasteiger partial charge in [0, 0.05) is 22.6 Å². The van der Waals surface area contributed by atoms with Crippen molar-refractivity contribution >= 4 is 34.1 Å². The first-order valence-corrected chi connectivity index (χ1v) is 10.7. The van der Waals surface area contributed by atoms with Crippen LogP contribution in [0, 0.1) is 0 Å². The van der Waals surface area contributed by atoms with E-state index in [9.17, 15) is 0 Å². The number of halogens is 1. The van der Waals surface area contributed by atoms with Gasteiger partial charge in [0.1, 0.15) is 5.15 Å². The number of pyridine rings is 2. The van der Waals surface area contributed by atoms with Crippen molar-refractivity contribution in [2.24, 2.45) is 5.11 Å². The predicted molar refractivity (Wildman–Crippen MR) is 112 cm³/mol. The van der Waals surface area contributed by atoms with Crippen LogP contribution in [0.4, 0.5) is 0 Å². The molecule has 1 fully saturated rings. The molecule has 3 rings (SSSR count). The summed E-state index contributed by atoms with van der Waals surface area (Å²) in [5, 5.41) is 6.89. The highest BCUT2D eigenvalue weighted by Crippen LogP contribution is 2.38. The summed E-state index contributed by atoms with van der Waals surface area (Å²) in [6.07, 6.45) is 7.78. The van der Waals surface area contributed by atoms with Crippen LogP contribution in [0.3, 0.4) is 0 Å². The molecule has 0 N–H and O–H groups in total. The molecule has 0 bridgehead atoms. The van der Waals surface area contributed by atoms with Gasteiger partial charge < -0.3 is 4.74 Å². The Morgan fingerprint density at radius 2 is 2.19 bits per heavy atom. The van der Waals surface area contributed by atoms with E-state index >= 15 is 0 Å². The SMILES string of the molecule is CC[C@@](C)(N=[N+]=[N-])c1cnc(OC(C)CCSC2CC2)c2cnc(Cl)cc12. The number of thioether (sulfide) groups is 1. The maximum Gasteiger partial charge on any atom is 0.223 e. The molecule has 2 heterocycles. The molecule has 2 aromatic heterocycles. The first-order chi connectivity index (χ1) is 13.0. The molecular formula is C19H24ClN5OS. The lowest BCUT2D eigenvalue weighted by molar-refractivity contribution is 0.213. The number of fused-ring (bicyclic) bond motifs is 1. The van der Waals surface area contributed by atoms with Gasteiger partial charge in [-0.3, -0.25) is 0 Å². The minimum absolute atomic E-state index is 0.0585. The van der Waals surface area contributed by atoms with E-state index in [1.807, 2.05) is 25.6 Å². The molecule has 1 aliphatic carbocycles. The fourth-order valence-electron chi connectivity index (χ4n) is 2.91. The molecule has 27 heavy (non-hydrogen) atoms. The number of rotatable bonds is 9. The largest absolute Gasteiger partial charge is 0.474 e. The van der Waals surface area contributed by atoms with Crippen LogP contribution in [-0.2, 0) is 5.54 Å². The zero-order valence-electron chi connectivity index (χ0n) is 15.9. The summed E-state index contributed by atoms with van der Waals surface area (Å²) in [6.45, 7) is 5.94. The average molecular weight is 406 g/mol. The third-order valence-electron chi connectivity index (χ3n) is 4.95. The highest BCUT2D eigenvalue weighted by molar-refractivity contribution is 8.00. The lowest BCUT2D eigenvalue weighted by Crippen LogP contribution is -2.19. The van der Waals surface area contributed by atoms with E-state index in [-0.39, 0.29) is 6.10 Å². The fraction of sp³-hybridized carbons (Fsp3) is 0.579. The van der Waals surface area contributed by atoms with Crippen LogP contribution in [0.5, 0.6) is 5.88 Å². The third kappa shape index (κ3) is 4.78. The van der Waals surface area contributed by atoms with Crippen molar-refractivity contribution in [3.05, 3.63) is 39.6 Å². The van der Waals surface area contributed by atoms with E-state index in [0.29, 0.717) is 17.5 Å². The molecule has 144 valence electrons. The van der Waals surface area contributed by atoms with Crippen molar-refractivity contribution in [2.45, 2.75) is 63.3 Å². The minimum atomic E-state index is -0.713. The van der Waals surface area contributed by atoms with E-state index in [2.05, 4.69) is 26.9 Å². The van der Waals surface area contributed by atoms with Crippen LogP contribution in [-0.4, -0.2) is 27.1 Å². The van der Waals surface area contributed by atoms with Crippen molar-refractivity contribution in [2.75, 3.05) is 5.75 Å². The summed E-state index contributed by atoms with van der Waals surface area (Å²) in [4.78, 5) is 11.8. The van der Waals surface area contributed by atoms with E-state index in [0.717, 1.165) is 33.8 Å². The van der Waals surface area contributed by atoms with Gasteiger partial charge in [-0.15, -0.1) is 0 Å². The highest BCUT2D eigenvalue weighted by Gasteiger charge is 2.27. The second-order valence-corrected chi connectivity index (χ2v) is 8.93. The Morgan fingerprint density at radius 3 is 2.85 bits per heavy atom. The smallest absolute Gasteiger partial charge is 0.223 e. The standard InChI is InChI=1S/C19H24ClN5OS/c1-4-19(3,24-25-21)16-11-23-18(15-10-22-17(20)9-14(15)16)26-12(2)7-8-27-13-5-6-13/h9-13H,4-8H2,1-3H3/t12?,19-/m1/s1. The lowest BCUT2D eigenvalue weighted by atomic mass is 9.88. The summed E-state index contributed by atoms with van der Waals surface area (Å²) in [6, 6.07) is 1.79. The van der Waals surface area contributed by atoms with E-state index < -0.39 is 5.54 Å². The average Bonchev–Trinajstić information content (AvgIpc) is 3.46. The molecule has 1 unspecified atom stereocenters. The van der Waals surface area contributed by atoms with Gasteiger partial charge in [-0.1, -0.05) is 23.6 Å². The number of ether oxygens (including phenoxy) is 1. The Kier molecular flexibility index (Phi) is 6.35. The summed E-state index contributed by atoms with van der Waals surface area (Å²) >= 11 is 8.17. The molecule has 0 aromatic carbocycles. The predicted octanol–water partition coefficient (Wildman–Crippen LogP) is 6.27. The molecule has 0 aliphatic heterocycles. The summed E-state index contributed by atoms with van der Waals surface area (Å²) in [5.74, 6) is 1.64. The van der Waals surface area contributed by atoms with Crippen LogP contribution in [0.25, 0.3) is 21.2 Å². The number of azide groups is 1. The molecule has 0 spiro atoms. The van der Waals surface area contributed by atoms with Gasteiger partial charge in [0.05, 0.1) is 17.0 Å². The lowest BCUT2D eigenvalue weighted by Gasteiger charge is -2.25. The molecule has 6 nitrogen and oxygen atoms in total. The molecule has 1 aliphatic rings.